The summed E-state index contributed by atoms with van der Waals surface area (Å²) >= 11 is 0. The molecule has 3 rings (SSSR count). The molecule has 0 amide bonds. The van der Waals surface area contributed by atoms with Gasteiger partial charge in [0.2, 0.25) is 0 Å². The number of anilines is 1. The third-order valence-corrected chi connectivity index (χ3v) is 3.51. The summed E-state index contributed by atoms with van der Waals surface area (Å²) in [6, 6.07) is 7.86. The molecule has 0 unspecified atom stereocenters. The zero-order valence-corrected chi connectivity index (χ0v) is 12.5. The summed E-state index contributed by atoms with van der Waals surface area (Å²) in [6.45, 7) is 1.64. The minimum Gasteiger partial charge on any atom is -0.497 e. The maximum Gasteiger partial charge on any atom is 0.160 e. The Kier molecular flexibility index (Phi) is 3.39. The SMILES string of the molecule is COc1ccc2cc3c(N)nn(CCN(C)C)c3nc2c1. The Morgan fingerprint density at radius 1 is 1.29 bits per heavy atom. The van der Waals surface area contributed by atoms with E-state index in [4.69, 9.17) is 15.5 Å². The Bertz CT molecular complexity index is 793. The highest BCUT2D eigenvalue weighted by atomic mass is 16.5. The summed E-state index contributed by atoms with van der Waals surface area (Å²) in [5.74, 6) is 1.32. The highest BCUT2D eigenvalue weighted by Gasteiger charge is 2.11. The molecule has 1 aromatic carbocycles. The van der Waals surface area contributed by atoms with E-state index in [-0.39, 0.29) is 0 Å². The smallest absolute Gasteiger partial charge is 0.160 e. The molecule has 0 saturated heterocycles. The summed E-state index contributed by atoms with van der Waals surface area (Å²) in [5, 5.41) is 6.33. The van der Waals surface area contributed by atoms with Crippen molar-refractivity contribution in [2.24, 2.45) is 0 Å². The van der Waals surface area contributed by atoms with Crippen molar-refractivity contribution >= 4 is 27.8 Å². The molecule has 0 saturated carbocycles. The molecule has 0 aliphatic heterocycles. The van der Waals surface area contributed by atoms with Gasteiger partial charge in [0.1, 0.15) is 5.75 Å². The van der Waals surface area contributed by atoms with E-state index >= 15 is 0 Å². The van der Waals surface area contributed by atoms with Crippen LogP contribution in [-0.2, 0) is 6.54 Å². The molecule has 21 heavy (non-hydrogen) atoms. The van der Waals surface area contributed by atoms with Gasteiger partial charge in [0.05, 0.1) is 24.6 Å². The Labute approximate surface area is 123 Å². The molecule has 0 aliphatic rings. The number of aromatic nitrogens is 3. The van der Waals surface area contributed by atoms with Crippen molar-refractivity contribution < 1.29 is 4.74 Å². The van der Waals surface area contributed by atoms with Gasteiger partial charge in [-0.2, -0.15) is 5.10 Å². The van der Waals surface area contributed by atoms with E-state index in [9.17, 15) is 0 Å². The van der Waals surface area contributed by atoms with Crippen molar-refractivity contribution in [1.29, 1.82) is 0 Å². The first-order valence-electron chi connectivity index (χ1n) is 6.84. The molecule has 6 nitrogen and oxygen atoms in total. The van der Waals surface area contributed by atoms with E-state index < -0.39 is 0 Å². The van der Waals surface area contributed by atoms with E-state index in [2.05, 4.69) is 10.00 Å². The first-order chi connectivity index (χ1) is 10.1. The quantitative estimate of drug-likeness (QED) is 0.790. The lowest BCUT2D eigenvalue weighted by atomic mass is 10.2. The number of hydrogen-bond acceptors (Lipinski definition) is 5. The normalized spacial score (nSPS) is 11.6. The highest BCUT2D eigenvalue weighted by molar-refractivity contribution is 5.96. The number of likely N-dealkylation sites (N-methyl/N-ethyl adjacent to an activating group) is 1. The Morgan fingerprint density at radius 3 is 2.81 bits per heavy atom. The highest BCUT2D eigenvalue weighted by Crippen LogP contribution is 2.26. The number of nitrogens with zero attached hydrogens (tertiary/aromatic N) is 4. The van der Waals surface area contributed by atoms with Gasteiger partial charge in [-0.05, 0) is 32.3 Å². The van der Waals surface area contributed by atoms with E-state index in [1.165, 1.54) is 0 Å². The van der Waals surface area contributed by atoms with Crippen LogP contribution in [0, 0.1) is 0 Å². The summed E-state index contributed by atoms with van der Waals surface area (Å²) in [7, 11) is 5.71. The molecule has 0 aliphatic carbocycles. The van der Waals surface area contributed by atoms with Crippen molar-refractivity contribution in [3.8, 4) is 5.75 Å². The molecule has 2 heterocycles. The first-order valence-corrected chi connectivity index (χ1v) is 6.84. The number of nitrogen functional groups attached to an aromatic ring is 1. The minimum atomic E-state index is 0.522. The van der Waals surface area contributed by atoms with E-state index in [0.717, 1.165) is 40.8 Å². The van der Waals surface area contributed by atoms with Crippen LogP contribution in [0.4, 0.5) is 5.82 Å². The lowest BCUT2D eigenvalue weighted by molar-refractivity contribution is 0.376. The predicted molar refractivity (Wildman–Crippen MR) is 84.6 cm³/mol. The second-order valence-electron chi connectivity index (χ2n) is 5.33. The molecule has 0 spiro atoms. The van der Waals surface area contributed by atoms with Crippen molar-refractivity contribution in [1.82, 2.24) is 19.7 Å². The van der Waals surface area contributed by atoms with Gasteiger partial charge < -0.3 is 15.4 Å². The summed E-state index contributed by atoms with van der Waals surface area (Å²) in [6.07, 6.45) is 0. The van der Waals surface area contributed by atoms with Crippen LogP contribution in [0.15, 0.2) is 24.3 Å². The van der Waals surface area contributed by atoms with Gasteiger partial charge in [0, 0.05) is 18.0 Å². The average molecular weight is 285 g/mol. The number of ether oxygens (including phenoxy) is 1. The van der Waals surface area contributed by atoms with Gasteiger partial charge in [-0.15, -0.1) is 0 Å². The molecule has 0 atom stereocenters. The number of benzene rings is 1. The number of pyridine rings is 1. The van der Waals surface area contributed by atoms with Crippen LogP contribution in [0.5, 0.6) is 5.75 Å². The zero-order valence-electron chi connectivity index (χ0n) is 12.5. The standard InChI is InChI=1S/C15H19N5O/c1-19(2)6-7-20-15-12(14(16)18-20)8-10-4-5-11(21-3)9-13(10)17-15/h4-5,8-9H,6-7H2,1-3H3,(H2,16,18). The number of fused-ring (bicyclic) bond motifs is 2. The molecule has 0 radical (unpaired) electrons. The third kappa shape index (κ3) is 2.50. The molecule has 110 valence electrons. The molecule has 2 N–H and O–H groups in total. The van der Waals surface area contributed by atoms with Crippen LogP contribution < -0.4 is 10.5 Å². The van der Waals surface area contributed by atoms with Crippen LogP contribution >= 0.6 is 0 Å². The fourth-order valence-electron chi connectivity index (χ4n) is 2.33. The Morgan fingerprint density at radius 2 is 2.10 bits per heavy atom. The van der Waals surface area contributed by atoms with Crippen LogP contribution in [0.25, 0.3) is 21.9 Å². The number of rotatable bonds is 4. The van der Waals surface area contributed by atoms with Crippen molar-refractivity contribution in [2.75, 3.05) is 33.5 Å². The third-order valence-electron chi connectivity index (χ3n) is 3.51. The Hall–Kier alpha value is -2.34. The number of methoxy groups -OCH3 is 1. The molecular formula is C15H19N5O. The number of hydrogen-bond donors (Lipinski definition) is 1. The molecule has 3 aromatic rings. The molecule has 6 heteroatoms. The van der Waals surface area contributed by atoms with Gasteiger partial charge in [-0.1, -0.05) is 0 Å². The van der Waals surface area contributed by atoms with Crippen molar-refractivity contribution in [2.45, 2.75) is 6.54 Å². The van der Waals surface area contributed by atoms with E-state index in [1.807, 2.05) is 43.0 Å². The van der Waals surface area contributed by atoms with E-state index in [1.54, 1.807) is 7.11 Å². The van der Waals surface area contributed by atoms with Crippen molar-refractivity contribution in [3.05, 3.63) is 24.3 Å². The summed E-state index contributed by atoms with van der Waals surface area (Å²) in [5.41, 5.74) is 7.72. The second kappa shape index (κ2) is 5.21. The predicted octanol–water partition coefficient (Wildman–Crippen LogP) is 1.74. The van der Waals surface area contributed by atoms with Crippen LogP contribution in [0.1, 0.15) is 0 Å². The average Bonchev–Trinajstić information content (AvgIpc) is 2.78. The maximum absolute atomic E-state index is 6.02. The van der Waals surface area contributed by atoms with Gasteiger partial charge in [0.25, 0.3) is 0 Å². The fraction of sp³-hybridized carbons (Fsp3) is 0.333. The van der Waals surface area contributed by atoms with Gasteiger partial charge >= 0.3 is 0 Å². The second-order valence-corrected chi connectivity index (χ2v) is 5.33. The van der Waals surface area contributed by atoms with Gasteiger partial charge in [-0.3, -0.25) is 0 Å². The lowest BCUT2D eigenvalue weighted by Crippen LogP contribution is -2.19. The lowest BCUT2D eigenvalue weighted by Gasteiger charge is -2.09. The molecule has 2 aromatic heterocycles. The van der Waals surface area contributed by atoms with Gasteiger partial charge in [-0.25, -0.2) is 9.67 Å². The monoisotopic (exact) mass is 285 g/mol. The fourth-order valence-corrected chi connectivity index (χ4v) is 2.33. The first kappa shape index (κ1) is 13.6. The topological polar surface area (TPSA) is 69.2 Å². The molecular weight excluding hydrogens is 266 g/mol. The largest absolute Gasteiger partial charge is 0.497 e. The van der Waals surface area contributed by atoms with E-state index in [0.29, 0.717) is 5.82 Å². The Balaban J connectivity index is 2.15. The summed E-state index contributed by atoms with van der Waals surface area (Å²) < 4.78 is 7.12. The van der Waals surface area contributed by atoms with Crippen LogP contribution in [0.2, 0.25) is 0 Å². The molecule has 0 fully saturated rings. The van der Waals surface area contributed by atoms with Crippen LogP contribution in [0.3, 0.4) is 0 Å². The summed E-state index contributed by atoms with van der Waals surface area (Å²) in [4.78, 5) is 6.81. The maximum atomic E-state index is 6.02. The minimum absolute atomic E-state index is 0.522. The number of nitrogens with two attached hydrogens (primary N) is 1. The van der Waals surface area contributed by atoms with Gasteiger partial charge in [0.15, 0.2) is 11.5 Å². The van der Waals surface area contributed by atoms with Crippen molar-refractivity contribution in [3.63, 3.8) is 0 Å². The molecule has 0 bridgehead atoms. The zero-order chi connectivity index (χ0) is 15.0. The van der Waals surface area contributed by atoms with Crippen LogP contribution in [-0.4, -0.2) is 47.4 Å².